The second kappa shape index (κ2) is 5.85. The molecule has 0 aliphatic carbocycles. The summed E-state index contributed by atoms with van der Waals surface area (Å²) in [6.07, 6.45) is 3.14. The molecule has 100 valence electrons. The van der Waals surface area contributed by atoms with Crippen LogP contribution >= 0.6 is 11.3 Å². The maximum Gasteiger partial charge on any atom is 0.263 e. The molecule has 2 heterocycles. The van der Waals surface area contributed by atoms with Crippen LogP contribution in [0, 0.1) is 6.92 Å². The summed E-state index contributed by atoms with van der Waals surface area (Å²) in [5, 5.41) is 3.34. The Kier molecular flexibility index (Phi) is 4.40. The molecule has 1 aromatic rings. The van der Waals surface area contributed by atoms with Gasteiger partial charge < -0.3 is 10.2 Å². The van der Waals surface area contributed by atoms with Gasteiger partial charge in [-0.15, -0.1) is 11.3 Å². The van der Waals surface area contributed by atoms with E-state index >= 15 is 0 Å². The van der Waals surface area contributed by atoms with Crippen molar-refractivity contribution in [3.8, 4) is 0 Å². The van der Waals surface area contributed by atoms with Gasteiger partial charge in [0, 0.05) is 18.0 Å². The van der Waals surface area contributed by atoms with Gasteiger partial charge in [0.2, 0.25) is 0 Å². The summed E-state index contributed by atoms with van der Waals surface area (Å²) in [6, 6.07) is 2.44. The molecular formula is C14H22N2OS. The van der Waals surface area contributed by atoms with Crippen molar-refractivity contribution in [1.29, 1.82) is 0 Å². The maximum atomic E-state index is 12.4. The Labute approximate surface area is 113 Å². The Balaban J connectivity index is 2.09. The minimum absolute atomic E-state index is 0.190. The van der Waals surface area contributed by atoms with E-state index in [2.05, 4.69) is 19.2 Å². The minimum atomic E-state index is 0.190. The van der Waals surface area contributed by atoms with E-state index in [1.807, 2.05) is 18.0 Å². The molecule has 18 heavy (non-hydrogen) atoms. The van der Waals surface area contributed by atoms with Crippen molar-refractivity contribution in [3.63, 3.8) is 0 Å². The number of thiophene rings is 1. The fraction of sp³-hybridized carbons (Fsp3) is 0.643. The van der Waals surface area contributed by atoms with Gasteiger partial charge in [-0.1, -0.05) is 6.92 Å². The number of rotatable bonds is 3. The van der Waals surface area contributed by atoms with Crippen LogP contribution in [0.5, 0.6) is 0 Å². The van der Waals surface area contributed by atoms with Crippen LogP contribution in [0.3, 0.4) is 0 Å². The first kappa shape index (κ1) is 13.6. The maximum absolute atomic E-state index is 12.4. The van der Waals surface area contributed by atoms with Gasteiger partial charge in [-0.3, -0.25) is 4.79 Å². The van der Waals surface area contributed by atoms with Crippen LogP contribution < -0.4 is 5.32 Å². The number of amides is 1. The van der Waals surface area contributed by atoms with E-state index in [-0.39, 0.29) is 5.91 Å². The molecule has 1 aliphatic rings. The Hall–Kier alpha value is -0.870. The topological polar surface area (TPSA) is 32.3 Å². The number of hydrogen-bond acceptors (Lipinski definition) is 3. The Morgan fingerprint density at radius 3 is 2.72 bits per heavy atom. The van der Waals surface area contributed by atoms with E-state index in [1.165, 1.54) is 10.4 Å². The smallest absolute Gasteiger partial charge is 0.263 e. The Morgan fingerprint density at radius 1 is 1.50 bits per heavy atom. The minimum Gasteiger partial charge on any atom is -0.338 e. The quantitative estimate of drug-likeness (QED) is 0.911. The zero-order valence-corrected chi connectivity index (χ0v) is 12.3. The third-order valence-corrected chi connectivity index (χ3v) is 5.10. The zero-order chi connectivity index (χ0) is 13.1. The summed E-state index contributed by atoms with van der Waals surface area (Å²) in [4.78, 5) is 16.6. The molecular weight excluding hydrogens is 244 g/mol. The molecule has 1 aliphatic heterocycles. The second-order valence-electron chi connectivity index (χ2n) is 4.97. The first-order valence-corrected chi connectivity index (χ1v) is 7.52. The molecule has 0 aromatic carbocycles. The molecule has 0 spiro atoms. The van der Waals surface area contributed by atoms with E-state index in [4.69, 9.17) is 0 Å². The molecule has 0 atom stereocenters. The molecule has 0 saturated carbocycles. The van der Waals surface area contributed by atoms with Crippen molar-refractivity contribution in [2.75, 3.05) is 20.1 Å². The number of piperidine rings is 1. The standard InChI is InChI=1S/C14H22N2OS/c1-4-12-10(2)9-13(18-12)14(17)16(3)11-5-7-15-8-6-11/h9,11,15H,4-8H2,1-3H3. The van der Waals surface area contributed by atoms with Crippen molar-refractivity contribution >= 4 is 17.2 Å². The van der Waals surface area contributed by atoms with Crippen LogP contribution in [0.15, 0.2) is 6.07 Å². The normalized spacial score (nSPS) is 16.8. The molecule has 1 aromatic heterocycles. The second-order valence-corrected chi connectivity index (χ2v) is 6.10. The Morgan fingerprint density at radius 2 is 2.17 bits per heavy atom. The fourth-order valence-electron chi connectivity index (χ4n) is 2.51. The number of aryl methyl sites for hydroxylation is 2. The highest BCUT2D eigenvalue weighted by atomic mass is 32.1. The van der Waals surface area contributed by atoms with E-state index < -0.39 is 0 Å². The fourth-order valence-corrected chi connectivity index (χ4v) is 3.61. The SMILES string of the molecule is CCc1sc(C(=O)N(C)C2CCNCC2)cc1C. The summed E-state index contributed by atoms with van der Waals surface area (Å²) < 4.78 is 0. The van der Waals surface area contributed by atoms with Crippen LogP contribution in [0.1, 0.15) is 39.9 Å². The Bertz CT molecular complexity index is 421. The monoisotopic (exact) mass is 266 g/mol. The molecule has 3 nitrogen and oxygen atoms in total. The lowest BCUT2D eigenvalue weighted by molar-refractivity contribution is 0.0708. The molecule has 4 heteroatoms. The highest BCUT2D eigenvalue weighted by molar-refractivity contribution is 7.14. The number of carbonyl (C=O) groups is 1. The van der Waals surface area contributed by atoms with Gasteiger partial charge in [-0.2, -0.15) is 0 Å². The predicted octanol–water partition coefficient (Wildman–Crippen LogP) is 2.44. The predicted molar refractivity (Wildman–Crippen MR) is 76.4 cm³/mol. The number of nitrogens with zero attached hydrogens (tertiary/aromatic N) is 1. The summed E-state index contributed by atoms with van der Waals surface area (Å²) in [5.41, 5.74) is 1.25. The van der Waals surface area contributed by atoms with Crippen molar-refractivity contribution in [3.05, 3.63) is 21.4 Å². The van der Waals surface area contributed by atoms with Crippen molar-refractivity contribution in [2.24, 2.45) is 0 Å². The van der Waals surface area contributed by atoms with Gasteiger partial charge >= 0.3 is 0 Å². The number of nitrogens with one attached hydrogen (secondary N) is 1. The lowest BCUT2D eigenvalue weighted by Gasteiger charge is -2.31. The van der Waals surface area contributed by atoms with Crippen LogP contribution in [-0.2, 0) is 6.42 Å². The molecule has 1 saturated heterocycles. The van der Waals surface area contributed by atoms with Crippen molar-refractivity contribution < 1.29 is 4.79 Å². The summed E-state index contributed by atoms with van der Waals surface area (Å²) in [5.74, 6) is 0.190. The van der Waals surface area contributed by atoms with Gasteiger partial charge in [0.25, 0.3) is 5.91 Å². The van der Waals surface area contributed by atoms with Gasteiger partial charge in [0.15, 0.2) is 0 Å². The average Bonchev–Trinajstić information content (AvgIpc) is 2.79. The third kappa shape index (κ3) is 2.75. The van der Waals surface area contributed by atoms with E-state index in [0.717, 1.165) is 37.2 Å². The summed E-state index contributed by atoms with van der Waals surface area (Å²) in [6.45, 7) is 6.28. The first-order valence-electron chi connectivity index (χ1n) is 6.70. The molecule has 2 rings (SSSR count). The van der Waals surface area contributed by atoms with E-state index in [0.29, 0.717) is 6.04 Å². The number of hydrogen-bond donors (Lipinski definition) is 1. The molecule has 0 bridgehead atoms. The number of carbonyl (C=O) groups excluding carboxylic acids is 1. The van der Waals surface area contributed by atoms with E-state index in [1.54, 1.807) is 11.3 Å². The largest absolute Gasteiger partial charge is 0.338 e. The van der Waals surface area contributed by atoms with Gasteiger partial charge in [0.05, 0.1) is 4.88 Å². The van der Waals surface area contributed by atoms with E-state index in [9.17, 15) is 4.79 Å². The summed E-state index contributed by atoms with van der Waals surface area (Å²) >= 11 is 1.65. The molecule has 1 fully saturated rings. The first-order chi connectivity index (χ1) is 8.63. The molecule has 1 amide bonds. The highest BCUT2D eigenvalue weighted by Gasteiger charge is 2.24. The van der Waals surface area contributed by atoms with Gasteiger partial charge in [-0.05, 0) is 50.9 Å². The average molecular weight is 266 g/mol. The lowest BCUT2D eigenvalue weighted by atomic mass is 10.1. The van der Waals surface area contributed by atoms with Crippen LogP contribution in [0.4, 0.5) is 0 Å². The zero-order valence-electron chi connectivity index (χ0n) is 11.5. The molecule has 0 unspecified atom stereocenters. The van der Waals surface area contributed by atoms with Gasteiger partial charge in [0.1, 0.15) is 0 Å². The van der Waals surface area contributed by atoms with Crippen LogP contribution in [0.25, 0.3) is 0 Å². The third-order valence-electron chi connectivity index (χ3n) is 3.73. The van der Waals surface area contributed by atoms with Crippen molar-refractivity contribution in [2.45, 2.75) is 39.2 Å². The highest BCUT2D eigenvalue weighted by Crippen LogP contribution is 2.24. The molecule has 1 N–H and O–H groups in total. The van der Waals surface area contributed by atoms with Gasteiger partial charge in [-0.25, -0.2) is 0 Å². The van der Waals surface area contributed by atoms with Crippen LogP contribution in [0.2, 0.25) is 0 Å². The lowest BCUT2D eigenvalue weighted by Crippen LogP contribution is -2.43. The van der Waals surface area contributed by atoms with Crippen molar-refractivity contribution in [1.82, 2.24) is 10.2 Å². The summed E-state index contributed by atoms with van der Waals surface area (Å²) in [7, 11) is 1.94. The molecule has 0 radical (unpaired) electrons. The van der Waals surface area contributed by atoms with Crippen LogP contribution in [-0.4, -0.2) is 37.0 Å².